The minimum absolute atomic E-state index is 0. The Balaban J connectivity index is 0.00000256. The number of hydrogen-bond acceptors (Lipinski definition) is 3. The maximum Gasteiger partial charge on any atom is 0.277 e. The Labute approximate surface area is 104 Å². The number of aryl methyl sites for hydroxylation is 1. The highest BCUT2D eigenvalue weighted by Crippen LogP contribution is 2.09. The molecule has 1 heterocycles. The molecular weight excluding hydrogens is 254 g/mol. The molecule has 0 unspecified atom stereocenters. The second-order valence-electron chi connectivity index (χ2n) is 3.33. The number of amides is 1. The molecule has 0 aliphatic rings. The van der Waals surface area contributed by atoms with Gasteiger partial charge in [-0.05, 0) is 6.92 Å². The van der Waals surface area contributed by atoms with Crippen LogP contribution in [-0.2, 0) is 6.54 Å². The highest BCUT2D eigenvalue weighted by atomic mass is 35.5. The second-order valence-corrected chi connectivity index (χ2v) is 3.33. The third-order valence-corrected chi connectivity index (χ3v) is 2.03. The van der Waals surface area contributed by atoms with Gasteiger partial charge >= 0.3 is 0 Å². The van der Waals surface area contributed by atoms with Crippen LogP contribution in [0.5, 0.6) is 0 Å². The van der Waals surface area contributed by atoms with Gasteiger partial charge in [0.05, 0.1) is 24.8 Å². The van der Waals surface area contributed by atoms with Gasteiger partial charge in [-0.15, -0.1) is 12.4 Å². The lowest BCUT2D eigenvalue weighted by atomic mass is 10.3. The monoisotopic (exact) mass is 268 g/mol. The predicted octanol–water partition coefficient (Wildman–Crippen LogP) is 0.649. The Morgan fingerprint density at radius 2 is 2.29 bits per heavy atom. The molecule has 98 valence electrons. The average molecular weight is 269 g/mol. The number of nitrogens with two attached hydrogens (primary N) is 1. The first-order valence-electron chi connectivity index (χ1n) is 4.87. The predicted molar refractivity (Wildman–Crippen MR) is 61.5 cm³/mol. The van der Waals surface area contributed by atoms with Gasteiger partial charge in [0.2, 0.25) is 0 Å². The molecule has 5 nitrogen and oxygen atoms in total. The van der Waals surface area contributed by atoms with Crippen molar-refractivity contribution >= 4 is 18.3 Å². The van der Waals surface area contributed by atoms with Crippen molar-refractivity contribution in [1.82, 2.24) is 15.1 Å². The van der Waals surface area contributed by atoms with Gasteiger partial charge in [0.15, 0.2) is 0 Å². The summed E-state index contributed by atoms with van der Waals surface area (Å²) in [6.07, 6.45) is 2.83. The van der Waals surface area contributed by atoms with Crippen LogP contribution in [0.2, 0.25) is 0 Å². The zero-order valence-electron chi connectivity index (χ0n) is 9.32. The second kappa shape index (κ2) is 6.51. The molecule has 17 heavy (non-hydrogen) atoms. The standard InChI is InChI=1S/C9H14F2N4O.ClH/c1-2-15-4-7(3-14-15)8(16)13-6-9(10,11)5-12;/h3-4H,2,5-6,12H2,1H3,(H,13,16);1H. The van der Waals surface area contributed by atoms with Crippen molar-refractivity contribution in [3.05, 3.63) is 18.0 Å². The molecule has 0 saturated carbocycles. The summed E-state index contributed by atoms with van der Waals surface area (Å²) in [7, 11) is 0. The third kappa shape index (κ3) is 4.66. The van der Waals surface area contributed by atoms with E-state index >= 15 is 0 Å². The summed E-state index contributed by atoms with van der Waals surface area (Å²) in [5.41, 5.74) is 5.10. The minimum atomic E-state index is -3.07. The van der Waals surface area contributed by atoms with Crippen LogP contribution < -0.4 is 11.1 Å². The maximum absolute atomic E-state index is 12.7. The highest BCUT2D eigenvalue weighted by Gasteiger charge is 2.27. The Hall–Kier alpha value is -1.21. The molecule has 8 heteroatoms. The Morgan fingerprint density at radius 3 is 2.76 bits per heavy atom. The first-order chi connectivity index (χ1) is 7.48. The first-order valence-corrected chi connectivity index (χ1v) is 4.87. The van der Waals surface area contributed by atoms with Crippen molar-refractivity contribution < 1.29 is 13.6 Å². The van der Waals surface area contributed by atoms with Gasteiger partial charge in [0, 0.05) is 12.7 Å². The SMILES string of the molecule is CCn1cc(C(=O)NCC(F)(F)CN)cn1.Cl. The quantitative estimate of drug-likeness (QED) is 0.823. The highest BCUT2D eigenvalue weighted by molar-refractivity contribution is 5.93. The lowest BCUT2D eigenvalue weighted by molar-refractivity contribution is 0.0118. The summed E-state index contributed by atoms with van der Waals surface area (Å²) in [5, 5.41) is 5.97. The van der Waals surface area contributed by atoms with Crippen molar-refractivity contribution in [1.29, 1.82) is 0 Å². The fraction of sp³-hybridized carbons (Fsp3) is 0.556. The van der Waals surface area contributed by atoms with Gasteiger partial charge in [0.1, 0.15) is 0 Å². The van der Waals surface area contributed by atoms with E-state index in [1.807, 2.05) is 6.92 Å². The van der Waals surface area contributed by atoms with Gasteiger partial charge in [-0.25, -0.2) is 8.78 Å². The molecule has 0 aliphatic heterocycles. The van der Waals surface area contributed by atoms with Crippen molar-refractivity contribution in [3.63, 3.8) is 0 Å². The smallest absolute Gasteiger partial charge is 0.277 e. The van der Waals surface area contributed by atoms with E-state index < -0.39 is 24.9 Å². The molecular formula is C9H15ClF2N4O. The van der Waals surface area contributed by atoms with Crippen molar-refractivity contribution in [2.75, 3.05) is 13.1 Å². The average Bonchev–Trinajstić information content (AvgIpc) is 2.74. The molecule has 0 fully saturated rings. The number of halogens is 3. The molecule has 1 aromatic rings. The number of hydrogen-bond donors (Lipinski definition) is 2. The summed E-state index contributed by atoms with van der Waals surface area (Å²) >= 11 is 0. The number of aromatic nitrogens is 2. The molecule has 0 aliphatic carbocycles. The van der Waals surface area contributed by atoms with Crippen LogP contribution in [0, 0.1) is 0 Å². The molecule has 0 atom stereocenters. The maximum atomic E-state index is 12.7. The van der Waals surface area contributed by atoms with E-state index in [2.05, 4.69) is 10.4 Å². The van der Waals surface area contributed by atoms with E-state index in [0.29, 0.717) is 6.54 Å². The van der Waals surface area contributed by atoms with Gasteiger partial charge < -0.3 is 11.1 Å². The van der Waals surface area contributed by atoms with Crippen LogP contribution in [0.3, 0.4) is 0 Å². The molecule has 0 bridgehead atoms. The number of rotatable bonds is 5. The van der Waals surface area contributed by atoms with Crippen LogP contribution in [0.15, 0.2) is 12.4 Å². The Kier molecular flexibility index (Phi) is 6.04. The van der Waals surface area contributed by atoms with Crippen molar-refractivity contribution in [2.24, 2.45) is 5.73 Å². The first kappa shape index (κ1) is 15.8. The summed E-state index contributed by atoms with van der Waals surface area (Å²) in [6, 6.07) is 0. The van der Waals surface area contributed by atoms with Crippen LogP contribution in [-0.4, -0.2) is 34.7 Å². The number of nitrogens with one attached hydrogen (secondary N) is 1. The number of carbonyl (C=O) groups excluding carboxylic acids is 1. The Bertz CT molecular complexity index is 370. The molecule has 3 N–H and O–H groups in total. The van der Waals surface area contributed by atoms with Gasteiger partial charge in [-0.2, -0.15) is 5.10 Å². The van der Waals surface area contributed by atoms with Crippen LogP contribution in [0.25, 0.3) is 0 Å². The number of alkyl halides is 2. The van der Waals surface area contributed by atoms with E-state index in [-0.39, 0.29) is 18.0 Å². The number of carbonyl (C=O) groups is 1. The lowest BCUT2D eigenvalue weighted by Gasteiger charge is -2.13. The topological polar surface area (TPSA) is 72.9 Å². The van der Waals surface area contributed by atoms with Crippen LogP contribution in [0.1, 0.15) is 17.3 Å². The van der Waals surface area contributed by atoms with Crippen LogP contribution >= 0.6 is 12.4 Å². The number of nitrogens with zero attached hydrogens (tertiary/aromatic N) is 2. The fourth-order valence-corrected chi connectivity index (χ4v) is 1.04. The van der Waals surface area contributed by atoms with E-state index in [1.165, 1.54) is 17.1 Å². The molecule has 0 radical (unpaired) electrons. The van der Waals surface area contributed by atoms with Crippen LogP contribution in [0.4, 0.5) is 8.78 Å². The van der Waals surface area contributed by atoms with Gasteiger partial charge in [-0.1, -0.05) is 0 Å². The molecule has 0 aromatic carbocycles. The van der Waals surface area contributed by atoms with Gasteiger partial charge in [0.25, 0.3) is 11.8 Å². The molecule has 1 amide bonds. The van der Waals surface area contributed by atoms with E-state index in [4.69, 9.17) is 5.73 Å². The minimum Gasteiger partial charge on any atom is -0.346 e. The zero-order valence-corrected chi connectivity index (χ0v) is 10.1. The summed E-state index contributed by atoms with van der Waals surface area (Å²) in [6.45, 7) is 0.921. The van der Waals surface area contributed by atoms with E-state index in [0.717, 1.165) is 0 Å². The summed E-state index contributed by atoms with van der Waals surface area (Å²) in [4.78, 5) is 11.4. The fourth-order valence-electron chi connectivity index (χ4n) is 1.04. The molecule has 0 saturated heterocycles. The lowest BCUT2D eigenvalue weighted by Crippen LogP contribution is -2.41. The summed E-state index contributed by atoms with van der Waals surface area (Å²) < 4.78 is 27.0. The van der Waals surface area contributed by atoms with Crippen molar-refractivity contribution in [2.45, 2.75) is 19.4 Å². The largest absolute Gasteiger partial charge is 0.346 e. The van der Waals surface area contributed by atoms with E-state index in [1.54, 1.807) is 0 Å². The van der Waals surface area contributed by atoms with Crippen molar-refractivity contribution in [3.8, 4) is 0 Å². The Morgan fingerprint density at radius 1 is 1.65 bits per heavy atom. The summed E-state index contributed by atoms with van der Waals surface area (Å²) in [5.74, 6) is -3.65. The molecule has 1 rings (SSSR count). The zero-order chi connectivity index (χ0) is 12.2. The normalized spacial score (nSPS) is 10.8. The molecule has 1 aromatic heterocycles. The molecule has 0 spiro atoms. The third-order valence-electron chi connectivity index (χ3n) is 2.03. The van der Waals surface area contributed by atoms with E-state index in [9.17, 15) is 13.6 Å². The van der Waals surface area contributed by atoms with Gasteiger partial charge in [-0.3, -0.25) is 9.48 Å².